The summed E-state index contributed by atoms with van der Waals surface area (Å²) in [6.07, 6.45) is 0.345. The number of halogens is 1. The molecule has 1 heterocycles. The molecule has 2 amide bonds. The summed E-state index contributed by atoms with van der Waals surface area (Å²) in [4.78, 5) is 25.1. The molecule has 1 aliphatic rings. The van der Waals surface area contributed by atoms with Gasteiger partial charge < -0.3 is 16.0 Å². The van der Waals surface area contributed by atoms with Gasteiger partial charge in [-0.15, -0.1) is 0 Å². The zero-order chi connectivity index (χ0) is 13.1. The van der Waals surface area contributed by atoms with Crippen LogP contribution in [-0.4, -0.2) is 36.3 Å². The van der Waals surface area contributed by atoms with Crippen molar-refractivity contribution in [3.63, 3.8) is 0 Å². The molecule has 0 aromatic heterocycles. The number of benzene rings is 1. The van der Waals surface area contributed by atoms with Gasteiger partial charge in [0.05, 0.1) is 0 Å². The highest BCUT2D eigenvalue weighted by molar-refractivity contribution is 9.10. The summed E-state index contributed by atoms with van der Waals surface area (Å²) in [5.41, 5.74) is 6.84. The minimum Gasteiger partial charge on any atom is -0.398 e. The molecule has 6 heteroatoms. The minimum absolute atomic E-state index is 0.0133. The van der Waals surface area contributed by atoms with Crippen LogP contribution in [0.3, 0.4) is 0 Å². The predicted octanol–water partition coefficient (Wildman–Crippen LogP) is 0.993. The maximum atomic E-state index is 12.2. The molecular formula is C12H14BrN3O2. The molecule has 0 saturated carbocycles. The summed E-state index contributed by atoms with van der Waals surface area (Å²) in [5, 5.41) is 2.74. The number of carbonyl (C=O) groups is 2. The maximum absolute atomic E-state index is 12.2. The third-order valence-corrected chi connectivity index (χ3v) is 3.57. The molecule has 0 unspecified atom stereocenters. The number of hydrogen-bond donors (Lipinski definition) is 2. The van der Waals surface area contributed by atoms with E-state index in [1.807, 2.05) is 0 Å². The highest BCUT2D eigenvalue weighted by atomic mass is 79.9. The first kappa shape index (κ1) is 12.9. The van der Waals surface area contributed by atoms with Crippen LogP contribution in [0.25, 0.3) is 0 Å². The van der Waals surface area contributed by atoms with Crippen molar-refractivity contribution in [1.29, 1.82) is 0 Å². The van der Waals surface area contributed by atoms with Crippen LogP contribution in [0.5, 0.6) is 0 Å². The topological polar surface area (TPSA) is 75.4 Å². The van der Waals surface area contributed by atoms with Crippen molar-refractivity contribution in [3.05, 3.63) is 28.2 Å². The number of hydrogen-bond acceptors (Lipinski definition) is 3. The molecule has 0 aliphatic carbocycles. The molecule has 96 valence electrons. The fourth-order valence-electron chi connectivity index (χ4n) is 1.83. The van der Waals surface area contributed by atoms with Crippen molar-refractivity contribution in [2.24, 2.45) is 0 Å². The van der Waals surface area contributed by atoms with Crippen LogP contribution >= 0.6 is 15.9 Å². The van der Waals surface area contributed by atoms with E-state index in [9.17, 15) is 9.59 Å². The van der Waals surface area contributed by atoms with Crippen molar-refractivity contribution >= 4 is 33.4 Å². The molecule has 3 N–H and O–H groups in total. The molecule has 2 rings (SSSR count). The zero-order valence-corrected chi connectivity index (χ0v) is 11.4. The second-order valence-corrected chi connectivity index (χ2v) is 4.98. The molecule has 18 heavy (non-hydrogen) atoms. The Hall–Kier alpha value is -1.56. The molecule has 1 aromatic carbocycles. The van der Waals surface area contributed by atoms with Crippen LogP contribution in [0.15, 0.2) is 22.7 Å². The first-order valence-corrected chi connectivity index (χ1v) is 6.48. The Morgan fingerprint density at radius 2 is 2.17 bits per heavy atom. The number of anilines is 1. The summed E-state index contributed by atoms with van der Waals surface area (Å²) in [7, 11) is 0. The fourth-order valence-corrected chi connectivity index (χ4v) is 2.08. The van der Waals surface area contributed by atoms with Crippen LogP contribution in [0.2, 0.25) is 0 Å². The van der Waals surface area contributed by atoms with Crippen molar-refractivity contribution in [2.45, 2.75) is 6.42 Å². The van der Waals surface area contributed by atoms with E-state index in [2.05, 4.69) is 21.2 Å². The number of rotatable bonds is 1. The van der Waals surface area contributed by atoms with E-state index >= 15 is 0 Å². The van der Waals surface area contributed by atoms with Crippen molar-refractivity contribution in [3.8, 4) is 0 Å². The predicted molar refractivity (Wildman–Crippen MR) is 72.1 cm³/mol. The second-order valence-electron chi connectivity index (χ2n) is 4.13. The van der Waals surface area contributed by atoms with Crippen LogP contribution in [0.4, 0.5) is 5.69 Å². The van der Waals surface area contributed by atoms with Crippen molar-refractivity contribution < 1.29 is 9.59 Å². The van der Waals surface area contributed by atoms with Crippen LogP contribution in [-0.2, 0) is 4.79 Å². The standard InChI is InChI=1S/C12H14BrN3O2/c13-9-2-1-8(7-10(9)14)12(18)16-5-3-11(17)15-4-6-16/h1-2,7H,3-6,14H2,(H,15,17). The molecule has 5 nitrogen and oxygen atoms in total. The lowest BCUT2D eigenvalue weighted by Gasteiger charge is -2.19. The SMILES string of the molecule is Nc1cc(C(=O)N2CCNC(=O)CC2)ccc1Br. The van der Waals surface area contributed by atoms with Gasteiger partial charge in [-0.25, -0.2) is 0 Å². The van der Waals surface area contributed by atoms with E-state index in [4.69, 9.17) is 5.73 Å². The quantitative estimate of drug-likeness (QED) is 0.760. The number of nitrogens with two attached hydrogens (primary N) is 1. The molecule has 1 aromatic rings. The Labute approximate surface area is 113 Å². The average molecular weight is 312 g/mol. The van der Waals surface area contributed by atoms with Crippen molar-refractivity contribution in [1.82, 2.24) is 10.2 Å². The molecule has 0 radical (unpaired) electrons. The maximum Gasteiger partial charge on any atom is 0.254 e. The molecule has 0 spiro atoms. The summed E-state index contributed by atoms with van der Waals surface area (Å²) in [5.74, 6) is -0.105. The molecule has 1 aliphatic heterocycles. The van der Waals surface area contributed by atoms with Gasteiger partial charge in [0.15, 0.2) is 0 Å². The number of nitrogens with one attached hydrogen (secondary N) is 1. The summed E-state index contributed by atoms with van der Waals surface area (Å²) < 4.78 is 0.770. The molecular weight excluding hydrogens is 298 g/mol. The fraction of sp³-hybridized carbons (Fsp3) is 0.333. The van der Waals surface area contributed by atoms with E-state index in [0.29, 0.717) is 37.3 Å². The van der Waals surface area contributed by atoms with Gasteiger partial charge in [0, 0.05) is 41.8 Å². The van der Waals surface area contributed by atoms with Gasteiger partial charge in [-0.1, -0.05) is 0 Å². The lowest BCUT2D eigenvalue weighted by molar-refractivity contribution is -0.120. The monoisotopic (exact) mass is 311 g/mol. The second kappa shape index (κ2) is 5.39. The van der Waals surface area contributed by atoms with Gasteiger partial charge in [-0.2, -0.15) is 0 Å². The van der Waals surface area contributed by atoms with E-state index in [0.717, 1.165) is 4.47 Å². The molecule has 0 bridgehead atoms. The normalized spacial score (nSPS) is 16.1. The van der Waals surface area contributed by atoms with E-state index in [1.54, 1.807) is 23.1 Å². The Morgan fingerprint density at radius 1 is 1.39 bits per heavy atom. The van der Waals surface area contributed by atoms with Crippen molar-refractivity contribution in [2.75, 3.05) is 25.4 Å². The smallest absolute Gasteiger partial charge is 0.254 e. The number of amides is 2. The Balaban J connectivity index is 2.14. The Morgan fingerprint density at radius 3 is 2.89 bits per heavy atom. The molecule has 0 atom stereocenters. The number of nitrogen functional groups attached to an aromatic ring is 1. The first-order valence-electron chi connectivity index (χ1n) is 5.69. The Bertz CT molecular complexity index is 490. The van der Waals surface area contributed by atoms with E-state index in [-0.39, 0.29) is 11.8 Å². The minimum atomic E-state index is -0.0919. The molecule has 1 saturated heterocycles. The van der Waals surface area contributed by atoms with Crippen LogP contribution < -0.4 is 11.1 Å². The van der Waals surface area contributed by atoms with Gasteiger partial charge in [0.2, 0.25) is 5.91 Å². The first-order chi connectivity index (χ1) is 8.58. The number of nitrogens with zero attached hydrogens (tertiary/aromatic N) is 1. The summed E-state index contributed by atoms with van der Waals surface area (Å²) >= 11 is 3.29. The van der Waals surface area contributed by atoms with E-state index < -0.39 is 0 Å². The van der Waals surface area contributed by atoms with Gasteiger partial charge in [0.25, 0.3) is 5.91 Å². The van der Waals surface area contributed by atoms with Gasteiger partial charge in [-0.3, -0.25) is 9.59 Å². The highest BCUT2D eigenvalue weighted by Crippen LogP contribution is 2.21. The highest BCUT2D eigenvalue weighted by Gasteiger charge is 2.19. The average Bonchev–Trinajstić information content (AvgIpc) is 2.57. The lowest BCUT2D eigenvalue weighted by atomic mass is 10.1. The third-order valence-electron chi connectivity index (χ3n) is 2.84. The third kappa shape index (κ3) is 2.81. The largest absolute Gasteiger partial charge is 0.398 e. The van der Waals surface area contributed by atoms with E-state index in [1.165, 1.54) is 0 Å². The summed E-state index contributed by atoms with van der Waals surface area (Å²) in [6.45, 7) is 1.47. The zero-order valence-electron chi connectivity index (χ0n) is 9.78. The van der Waals surface area contributed by atoms with Gasteiger partial charge >= 0.3 is 0 Å². The van der Waals surface area contributed by atoms with Gasteiger partial charge in [-0.05, 0) is 34.1 Å². The van der Waals surface area contributed by atoms with Crippen LogP contribution in [0, 0.1) is 0 Å². The summed E-state index contributed by atoms with van der Waals surface area (Å²) in [6, 6.07) is 5.12. The Kier molecular flexibility index (Phi) is 3.86. The van der Waals surface area contributed by atoms with Gasteiger partial charge in [0.1, 0.15) is 0 Å². The molecule has 1 fully saturated rings. The number of carbonyl (C=O) groups excluding carboxylic acids is 2. The van der Waals surface area contributed by atoms with Crippen LogP contribution in [0.1, 0.15) is 16.8 Å². The lowest BCUT2D eigenvalue weighted by Crippen LogP contribution is -2.34.